The van der Waals surface area contributed by atoms with Crippen molar-refractivity contribution in [3.8, 4) is 11.5 Å². The summed E-state index contributed by atoms with van der Waals surface area (Å²) in [6, 6.07) is 4.08. The molecule has 0 saturated heterocycles. The van der Waals surface area contributed by atoms with Crippen LogP contribution in [0.5, 0.6) is 11.5 Å². The number of esters is 3. The van der Waals surface area contributed by atoms with E-state index < -0.39 is 17.9 Å². The number of carbonyl (C=O) groups is 3. The second-order valence-corrected chi connectivity index (χ2v) is 3.34. The molecule has 0 fully saturated rings. The molecule has 0 aliphatic heterocycles. The molecule has 1 rings (SSSR count). The van der Waals surface area contributed by atoms with Crippen molar-refractivity contribution in [3.05, 3.63) is 23.8 Å². The Morgan fingerprint density at radius 1 is 1.00 bits per heavy atom. The smallest absolute Gasteiger partial charge is 0.345 e. The molecule has 0 radical (unpaired) electrons. The maximum atomic E-state index is 11.5. The van der Waals surface area contributed by atoms with E-state index in [0.29, 0.717) is 0 Å². The molecule has 0 spiro atoms. The van der Waals surface area contributed by atoms with Crippen LogP contribution in [-0.2, 0) is 14.3 Å². The lowest BCUT2D eigenvalue weighted by Gasteiger charge is -2.09. The monoisotopic (exact) mass is 252 g/mol. The number of benzene rings is 1. The lowest BCUT2D eigenvalue weighted by atomic mass is 10.2. The van der Waals surface area contributed by atoms with Gasteiger partial charge in [0.1, 0.15) is 0 Å². The largest absolute Gasteiger partial charge is 0.493 e. The molecule has 1 aromatic rings. The third-order valence-electron chi connectivity index (χ3n) is 1.89. The van der Waals surface area contributed by atoms with E-state index in [1.54, 1.807) is 0 Å². The van der Waals surface area contributed by atoms with Gasteiger partial charge in [0.2, 0.25) is 0 Å². The van der Waals surface area contributed by atoms with Crippen molar-refractivity contribution in [1.29, 1.82) is 0 Å². The maximum Gasteiger partial charge on any atom is 0.345 e. The molecule has 0 aliphatic carbocycles. The van der Waals surface area contributed by atoms with E-state index in [-0.39, 0.29) is 17.1 Å². The lowest BCUT2D eigenvalue weighted by Crippen LogP contribution is -2.10. The number of carbonyl (C=O) groups excluding carboxylic acids is 3. The van der Waals surface area contributed by atoms with Crippen LogP contribution in [0.2, 0.25) is 0 Å². The zero-order valence-corrected chi connectivity index (χ0v) is 10.2. The van der Waals surface area contributed by atoms with E-state index in [1.807, 2.05) is 0 Å². The Morgan fingerprint density at radius 2 is 1.67 bits per heavy atom. The predicted molar refractivity (Wildman–Crippen MR) is 60.4 cm³/mol. The van der Waals surface area contributed by atoms with Gasteiger partial charge >= 0.3 is 17.9 Å². The minimum atomic E-state index is -0.796. The van der Waals surface area contributed by atoms with Gasteiger partial charge in [-0.2, -0.15) is 0 Å². The first-order valence-corrected chi connectivity index (χ1v) is 5.03. The minimum absolute atomic E-state index is 0.123. The third kappa shape index (κ3) is 3.58. The van der Waals surface area contributed by atoms with Crippen LogP contribution in [-0.4, -0.2) is 25.0 Å². The Kier molecular flexibility index (Phi) is 4.42. The van der Waals surface area contributed by atoms with Crippen molar-refractivity contribution >= 4 is 17.9 Å². The van der Waals surface area contributed by atoms with E-state index in [4.69, 9.17) is 9.47 Å². The number of methoxy groups -OCH3 is 1. The van der Waals surface area contributed by atoms with Gasteiger partial charge in [0.25, 0.3) is 0 Å². The van der Waals surface area contributed by atoms with Gasteiger partial charge in [-0.15, -0.1) is 0 Å². The van der Waals surface area contributed by atoms with E-state index in [9.17, 15) is 14.4 Å². The summed E-state index contributed by atoms with van der Waals surface area (Å²) >= 11 is 0. The van der Waals surface area contributed by atoms with E-state index in [1.165, 1.54) is 32.2 Å². The Balaban J connectivity index is 3.01. The topological polar surface area (TPSA) is 78.9 Å². The zero-order valence-electron chi connectivity index (χ0n) is 10.2. The first kappa shape index (κ1) is 13.7. The second-order valence-electron chi connectivity index (χ2n) is 3.34. The lowest BCUT2D eigenvalue weighted by molar-refractivity contribution is -0.135. The first-order chi connectivity index (χ1) is 8.43. The highest BCUT2D eigenvalue weighted by Crippen LogP contribution is 2.28. The summed E-state index contributed by atoms with van der Waals surface area (Å²) in [6.07, 6.45) is 0. The van der Waals surface area contributed by atoms with Crippen molar-refractivity contribution in [1.82, 2.24) is 0 Å². The van der Waals surface area contributed by atoms with Crippen molar-refractivity contribution in [2.24, 2.45) is 0 Å². The summed E-state index contributed by atoms with van der Waals surface area (Å²) in [5.41, 5.74) is 0.123. The maximum absolute atomic E-state index is 11.5. The van der Waals surface area contributed by atoms with Gasteiger partial charge in [-0.3, -0.25) is 9.59 Å². The molecule has 0 amide bonds. The first-order valence-electron chi connectivity index (χ1n) is 5.03. The molecule has 0 atom stereocenters. The average molecular weight is 252 g/mol. The molecule has 0 N–H and O–H groups in total. The number of hydrogen-bond donors (Lipinski definition) is 0. The summed E-state index contributed by atoms with van der Waals surface area (Å²) in [6.45, 7) is 2.37. The van der Waals surface area contributed by atoms with Crippen LogP contribution in [0, 0.1) is 0 Å². The summed E-state index contributed by atoms with van der Waals surface area (Å²) in [5.74, 6) is -1.63. The van der Waals surface area contributed by atoms with Crippen LogP contribution in [0.25, 0.3) is 0 Å². The van der Waals surface area contributed by atoms with Gasteiger partial charge in [-0.1, -0.05) is 0 Å². The third-order valence-corrected chi connectivity index (χ3v) is 1.89. The molecule has 0 aliphatic rings. The summed E-state index contributed by atoms with van der Waals surface area (Å²) in [4.78, 5) is 32.9. The van der Waals surface area contributed by atoms with Crippen LogP contribution < -0.4 is 9.47 Å². The highest BCUT2D eigenvalue weighted by atomic mass is 16.6. The van der Waals surface area contributed by atoms with Gasteiger partial charge < -0.3 is 14.2 Å². The highest BCUT2D eigenvalue weighted by Gasteiger charge is 2.14. The molecule has 1 aromatic carbocycles. The molecule has 0 aromatic heterocycles. The van der Waals surface area contributed by atoms with Crippen molar-refractivity contribution in [2.75, 3.05) is 7.11 Å². The standard InChI is InChI=1S/C12H12O6/c1-7(13)17-10-5-4-9(6-11(10)16-3)12(15)18-8(2)14/h4-6H,1-3H3. The van der Waals surface area contributed by atoms with Crippen LogP contribution >= 0.6 is 0 Å². The molecule has 0 heterocycles. The minimum Gasteiger partial charge on any atom is -0.493 e. The van der Waals surface area contributed by atoms with Gasteiger partial charge in [0, 0.05) is 13.8 Å². The molecule has 6 nitrogen and oxygen atoms in total. The quantitative estimate of drug-likeness (QED) is 0.458. The Morgan fingerprint density at radius 3 is 2.17 bits per heavy atom. The Hall–Kier alpha value is -2.37. The number of rotatable bonds is 3. The summed E-state index contributed by atoms with van der Waals surface area (Å²) < 4.78 is 14.3. The SMILES string of the molecule is COc1cc(C(=O)OC(C)=O)ccc1OC(C)=O. The van der Waals surface area contributed by atoms with Crippen LogP contribution in [0.1, 0.15) is 24.2 Å². The molecule has 96 valence electrons. The van der Waals surface area contributed by atoms with Crippen LogP contribution in [0.4, 0.5) is 0 Å². The fraction of sp³-hybridized carbons (Fsp3) is 0.250. The normalized spacial score (nSPS) is 9.50. The van der Waals surface area contributed by atoms with Gasteiger partial charge in [-0.25, -0.2) is 4.79 Å². The molecular weight excluding hydrogens is 240 g/mol. The van der Waals surface area contributed by atoms with E-state index in [2.05, 4.69) is 4.74 Å². The summed E-state index contributed by atoms with van der Waals surface area (Å²) in [7, 11) is 1.36. The fourth-order valence-corrected chi connectivity index (χ4v) is 1.22. The van der Waals surface area contributed by atoms with Crippen molar-refractivity contribution in [3.63, 3.8) is 0 Å². The molecular formula is C12H12O6. The Labute approximate surface area is 103 Å². The highest BCUT2D eigenvalue weighted by molar-refractivity contribution is 5.96. The van der Waals surface area contributed by atoms with Gasteiger partial charge in [-0.05, 0) is 18.2 Å². The zero-order chi connectivity index (χ0) is 13.7. The van der Waals surface area contributed by atoms with Gasteiger partial charge in [0.05, 0.1) is 12.7 Å². The molecule has 6 heteroatoms. The predicted octanol–water partition coefficient (Wildman–Crippen LogP) is 1.32. The molecule has 0 unspecified atom stereocenters. The molecule has 0 bridgehead atoms. The molecule has 18 heavy (non-hydrogen) atoms. The second kappa shape index (κ2) is 5.81. The summed E-state index contributed by atoms with van der Waals surface area (Å²) in [5, 5.41) is 0. The van der Waals surface area contributed by atoms with Gasteiger partial charge in [0.15, 0.2) is 11.5 Å². The van der Waals surface area contributed by atoms with Crippen LogP contribution in [0.3, 0.4) is 0 Å². The average Bonchev–Trinajstić information content (AvgIpc) is 2.27. The van der Waals surface area contributed by atoms with Crippen LogP contribution in [0.15, 0.2) is 18.2 Å². The molecule has 0 saturated carbocycles. The van der Waals surface area contributed by atoms with E-state index in [0.717, 1.165) is 6.92 Å². The van der Waals surface area contributed by atoms with E-state index >= 15 is 0 Å². The Bertz CT molecular complexity index is 491. The van der Waals surface area contributed by atoms with Crippen molar-refractivity contribution < 1.29 is 28.6 Å². The van der Waals surface area contributed by atoms with Crippen molar-refractivity contribution in [2.45, 2.75) is 13.8 Å². The number of ether oxygens (including phenoxy) is 3. The fourth-order valence-electron chi connectivity index (χ4n) is 1.22. The number of hydrogen-bond acceptors (Lipinski definition) is 6.